The lowest BCUT2D eigenvalue weighted by atomic mass is 9.84. The molecule has 0 spiro atoms. The van der Waals surface area contributed by atoms with Crippen molar-refractivity contribution in [1.82, 2.24) is 5.32 Å². The van der Waals surface area contributed by atoms with Crippen LogP contribution in [0.4, 0.5) is 0 Å². The second-order valence-corrected chi connectivity index (χ2v) is 3.95. The van der Waals surface area contributed by atoms with Crippen LogP contribution in [0.3, 0.4) is 0 Å². The highest BCUT2D eigenvalue weighted by atomic mass is 16.4. The van der Waals surface area contributed by atoms with Gasteiger partial charge in [-0.3, -0.25) is 9.59 Å². The van der Waals surface area contributed by atoms with Crippen molar-refractivity contribution in [3.63, 3.8) is 0 Å². The monoisotopic (exact) mass is 235 g/mol. The number of Topliss-reactive ketones (excluding diaryl/α,β-unsaturated/α-hetero) is 1. The molecule has 0 bridgehead atoms. The smallest absolute Gasteiger partial charge is 0.307 e. The number of carboxylic acids is 1. The third kappa shape index (κ3) is 3.31. The Labute approximate surface area is 101 Å². The van der Waals surface area contributed by atoms with Crippen LogP contribution in [0.25, 0.3) is 0 Å². The molecule has 0 radical (unpaired) electrons. The van der Waals surface area contributed by atoms with E-state index in [4.69, 9.17) is 5.11 Å². The summed E-state index contributed by atoms with van der Waals surface area (Å²) in [7, 11) is 0. The minimum Gasteiger partial charge on any atom is -0.481 e. The van der Waals surface area contributed by atoms with E-state index < -0.39 is 17.8 Å². The molecular formula is C13H17NO3. The van der Waals surface area contributed by atoms with Gasteiger partial charge in [-0.05, 0) is 25.5 Å². The topological polar surface area (TPSA) is 66.4 Å². The molecule has 2 N–H and O–H groups in total. The molecule has 0 fully saturated rings. The first-order chi connectivity index (χ1) is 8.07. The fourth-order valence-electron chi connectivity index (χ4n) is 1.94. The quantitative estimate of drug-likeness (QED) is 0.763. The van der Waals surface area contributed by atoms with E-state index in [0.717, 1.165) is 0 Å². The maximum Gasteiger partial charge on any atom is 0.307 e. The van der Waals surface area contributed by atoms with Gasteiger partial charge in [-0.25, -0.2) is 0 Å². The van der Waals surface area contributed by atoms with Crippen molar-refractivity contribution >= 4 is 11.8 Å². The van der Waals surface area contributed by atoms with Crippen LogP contribution in [0.5, 0.6) is 0 Å². The van der Waals surface area contributed by atoms with E-state index in [9.17, 15) is 9.59 Å². The van der Waals surface area contributed by atoms with E-state index in [1.165, 1.54) is 6.92 Å². The Balaban J connectivity index is 3.04. The molecule has 1 rings (SSSR count). The summed E-state index contributed by atoms with van der Waals surface area (Å²) in [5.41, 5.74) is 0.636. The summed E-state index contributed by atoms with van der Waals surface area (Å²) in [5.74, 6) is -2.38. The van der Waals surface area contributed by atoms with Gasteiger partial charge in [0.2, 0.25) is 0 Å². The molecule has 1 aliphatic heterocycles. The zero-order chi connectivity index (χ0) is 12.8. The Bertz CT molecular complexity index is 393. The zero-order valence-corrected chi connectivity index (χ0v) is 10.0. The van der Waals surface area contributed by atoms with Crippen molar-refractivity contribution in [2.75, 3.05) is 0 Å². The molecular weight excluding hydrogens is 218 g/mol. The fraction of sp³-hybridized carbons (Fsp3) is 0.385. The molecule has 4 nitrogen and oxygen atoms in total. The molecule has 1 heterocycles. The average Bonchev–Trinajstić information content (AvgIpc) is 2.52. The molecule has 4 heteroatoms. The molecule has 0 saturated heterocycles. The van der Waals surface area contributed by atoms with Gasteiger partial charge >= 0.3 is 5.97 Å². The molecule has 2 atom stereocenters. The van der Waals surface area contributed by atoms with Crippen molar-refractivity contribution < 1.29 is 14.7 Å². The summed E-state index contributed by atoms with van der Waals surface area (Å²) in [6, 6.07) is 0. The first-order valence-corrected chi connectivity index (χ1v) is 5.61. The van der Waals surface area contributed by atoms with E-state index in [1.54, 1.807) is 31.4 Å². The molecule has 0 saturated carbocycles. The summed E-state index contributed by atoms with van der Waals surface area (Å²) >= 11 is 0. The van der Waals surface area contributed by atoms with Crippen LogP contribution in [0.15, 0.2) is 36.2 Å². The molecule has 0 aromatic carbocycles. The summed E-state index contributed by atoms with van der Waals surface area (Å²) in [5, 5.41) is 12.1. The van der Waals surface area contributed by atoms with Gasteiger partial charge < -0.3 is 10.4 Å². The predicted octanol–water partition coefficient (Wildman–Crippen LogP) is 1.86. The maximum atomic E-state index is 11.7. The van der Waals surface area contributed by atoms with E-state index in [-0.39, 0.29) is 5.78 Å². The highest BCUT2D eigenvalue weighted by Gasteiger charge is 2.32. The largest absolute Gasteiger partial charge is 0.481 e. The van der Waals surface area contributed by atoms with Crippen LogP contribution in [0, 0.1) is 11.8 Å². The number of hydrogen-bond donors (Lipinski definition) is 2. The summed E-state index contributed by atoms with van der Waals surface area (Å²) in [4.78, 5) is 22.8. The fourth-order valence-corrected chi connectivity index (χ4v) is 1.94. The minimum absolute atomic E-state index is 0.137. The lowest BCUT2D eigenvalue weighted by Gasteiger charge is -2.23. The van der Waals surface area contributed by atoms with Crippen molar-refractivity contribution in [1.29, 1.82) is 0 Å². The van der Waals surface area contributed by atoms with Crippen molar-refractivity contribution in [2.24, 2.45) is 11.8 Å². The van der Waals surface area contributed by atoms with Gasteiger partial charge in [0, 0.05) is 11.9 Å². The number of ketones is 1. The number of hydrogen-bond acceptors (Lipinski definition) is 3. The molecule has 92 valence electrons. The number of allylic oxidation sites excluding steroid dienone is 5. The Hall–Kier alpha value is -1.84. The number of carbonyl (C=O) groups is 2. The molecule has 0 aliphatic carbocycles. The maximum absolute atomic E-state index is 11.7. The van der Waals surface area contributed by atoms with Gasteiger partial charge in [0.1, 0.15) is 5.78 Å². The van der Waals surface area contributed by atoms with Crippen LogP contribution < -0.4 is 5.32 Å². The molecule has 0 aromatic rings. The van der Waals surface area contributed by atoms with Gasteiger partial charge in [-0.2, -0.15) is 0 Å². The Morgan fingerprint density at radius 3 is 2.59 bits per heavy atom. The molecule has 1 aliphatic rings. The first kappa shape index (κ1) is 13.2. The van der Waals surface area contributed by atoms with Gasteiger partial charge in [-0.1, -0.05) is 19.1 Å². The van der Waals surface area contributed by atoms with Crippen LogP contribution in [0.2, 0.25) is 0 Å². The molecule has 17 heavy (non-hydrogen) atoms. The second kappa shape index (κ2) is 6.03. The van der Waals surface area contributed by atoms with Crippen molar-refractivity contribution in [3.8, 4) is 0 Å². The van der Waals surface area contributed by atoms with Gasteiger partial charge in [0.05, 0.1) is 11.8 Å². The molecule has 0 aromatic heterocycles. The van der Waals surface area contributed by atoms with Gasteiger partial charge in [0.25, 0.3) is 0 Å². The lowest BCUT2D eigenvalue weighted by molar-refractivity contribution is -0.145. The normalized spacial score (nSPS) is 17.6. The number of carbonyl (C=O) groups excluding carboxylic acids is 1. The summed E-state index contributed by atoms with van der Waals surface area (Å²) in [6.07, 6.45) is 9.27. The Morgan fingerprint density at radius 2 is 2.06 bits per heavy atom. The second-order valence-electron chi connectivity index (χ2n) is 3.95. The molecule has 0 amide bonds. The average molecular weight is 235 g/mol. The number of rotatable bonds is 5. The SMILES string of the molecule is CCC(C(=O)O)C(C(C)=O)C1=CC=CC=CN1. The Kier molecular flexibility index (Phi) is 4.69. The van der Waals surface area contributed by atoms with Crippen molar-refractivity contribution in [3.05, 3.63) is 36.2 Å². The van der Waals surface area contributed by atoms with Gasteiger partial charge in [-0.15, -0.1) is 0 Å². The summed E-state index contributed by atoms with van der Waals surface area (Å²) < 4.78 is 0. The molecule has 2 unspecified atom stereocenters. The number of aliphatic carboxylic acids is 1. The zero-order valence-electron chi connectivity index (χ0n) is 10.0. The third-order valence-electron chi connectivity index (χ3n) is 2.78. The predicted molar refractivity (Wildman–Crippen MR) is 65.1 cm³/mol. The van der Waals surface area contributed by atoms with Crippen LogP contribution >= 0.6 is 0 Å². The van der Waals surface area contributed by atoms with E-state index in [0.29, 0.717) is 12.1 Å². The standard InChI is InChI=1S/C13H17NO3/c1-3-10(13(16)17)12(9(2)15)11-7-5-4-6-8-14-11/h4-8,10,12,14H,3H2,1-2H3,(H,16,17). The summed E-state index contributed by atoms with van der Waals surface area (Å²) in [6.45, 7) is 3.20. The highest BCUT2D eigenvalue weighted by Crippen LogP contribution is 2.24. The van der Waals surface area contributed by atoms with Crippen LogP contribution in [0.1, 0.15) is 20.3 Å². The third-order valence-corrected chi connectivity index (χ3v) is 2.78. The van der Waals surface area contributed by atoms with E-state index >= 15 is 0 Å². The van der Waals surface area contributed by atoms with Crippen LogP contribution in [-0.2, 0) is 9.59 Å². The minimum atomic E-state index is -0.937. The number of nitrogens with one attached hydrogen (secondary N) is 1. The van der Waals surface area contributed by atoms with Gasteiger partial charge in [0.15, 0.2) is 0 Å². The van der Waals surface area contributed by atoms with Crippen LogP contribution in [-0.4, -0.2) is 16.9 Å². The Morgan fingerprint density at radius 1 is 1.35 bits per heavy atom. The van der Waals surface area contributed by atoms with E-state index in [1.807, 2.05) is 6.08 Å². The van der Waals surface area contributed by atoms with Crippen molar-refractivity contribution in [2.45, 2.75) is 20.3 Å². The number of carboxylic acid groups (broad SMARTS) is 1. The highest BCUT2D eigenvalue weighted by molar-refractivity contribution is 5.87. The first-order valence-electron chi connectivity index (χ1n) is 5.61. The van der Waals surface area contributed by atoms with E-state index in [2.05, 4.69) is 5.32 Å². The lowest BCUT2D eigenvalue weighted by Crippen LogP contribution is -2.33.